The molecule has 1 aromatic carbocycles. The van der Waals surface area contributed by atoms with Crippen LogP contribution in [-0.4, -0.2) is 33.7 Å². The highest BCUT2D eigenvalue weighted by Gasteiger charge is 2.35. The number of aliphatic hydroxyl groups excluding tert-OH is 2. The van der Waals surface area contributed by atoms with Gasteiger partial charge in [-0.25, -0.2) is 4.39 Å². The number of allylic oxidation sites excluding steroid dienone is 3. The lowest BCUT2D eigenvalue weighted by molar-refractivity contribution is -0.136. The van der Waals surface area contributed by atoms with Crippen molar-refractivity contribution in [3.63, 3.8) is 0 Å². The van der Waals surface area contributed by atoms with Crippen LogP contribution in [0.4, 0.5) is 4.39 Å². The zero-order valence-corrected chi connectivity index (χ0v) is 16.1. The maximum atomic E-state index is 12.9. The van der Waals surface area contributed by atoms with Crippen LogP contribution in [0.5, 0.6) is 5.75 Å². The van der Waals surface area contributed by atoms with E-state index in [1.165, 1.54) is 24.3 Å². The molecular weight excluding hydrogens is 363 g/mol. The normalized spacial score (nSPS) is 23.9. The molecule has 1 aromatic rings. The molecule has 2 rings (SSSR count). The van der Waals surface area contributed by atoms with Crippen LogP contribution in [0.15, 0.2) is 48.1 Å². The molecule has 4 unspecified atom stereocenters. The molecule has 0 heterocycles. The summed E-state index contributed by atoms with van der Waals surface area (Å²) in [5, 5.41) is 29.1. The lowest BCUT2D eigenvalue weighted by Gasteiger charge is -2.23. The zero-order chi connectivity index (χ0) is 20.5. The molecule has 0 radical (unpaired) electrons. The number of halogens is 1. The van der Waals surface area contributed by atoms with Gasteiger partial charge in [0.25, 0.3) is 0 Å². The fourth-order valence-corrected chi connectivity index (χ4v) is 3.77. The molecule has 154 valence electrons. The Morgan fingerprint density at radius 3 is 2.61 bits per heavy atom. The van der Waals surface area contributed by atoms with Crippen LogP contribution in [0, 0.1) is 17.7 Å². The largest absolute Gasteiger partial charge is 0.481 e. The second kappa shape index (κ2) is 11.0. The van der Waals surface area contributed by atoms with Gasteiger partial charge < -0.3 is 20.1 Å². The number of benzene rings is 1. The number of ether oxygens (including phenoxy) is 1. The summed E-state index contributed by atoms with van der Waals surface area (Å²) in [7, 11) is 0. The van der Waals surface area contributed by atoms with Crippen molar-refractivity contribution in [2.45, 2.75) is 57.8 Å². The average molecular weight is 392 g/mol. The van der Waals surface area contributed by atoms with Crippen molar-refractivity contribution in [1.82, 2.24) is 0 Å². The summed E-state index contributed by atoms with van der Waals surface area (Å²) in [6.45, 7) is 1.93. The maximum absolute atomic E-state index is 12.9. The molecule has 1 aliphatic rings. The van der Waals surface area contributed by atoms with E-state index in [-0.39, 0.29) is 30.2 Å². The smallest absolute Gasteiger partial charge is 0.303 e. The van der Waals surface area contributed by atoms with Gasteiger partial charge in [-0.1, -0.05) is 17.7 Å². The highest BCUT2D eigenvalue weighted by molar-refractivity contribution is 5.66. The van der Waals surface area contributed by atoms with Gasteiger partial charge >= 0.3 is 5.97 Å². The number of aliphatic carboxylic acids is 1. The van der Waals surface area contributed by atoms with E-state index < -0.39 is 12.3 Å². The first-order chi connectivity index (χ1) is 13.4. The maximum Gasteiger partial charge on any atom is 0.303 e. The summed E-state index contributed by atoms with van der Waals surface area (Å²) in [5.74, 6) is -0.536. The van der Waals surface area contributed by atoms with Gasteiger partial charge in [0.2, 0.25) is 6.29 Å². The minimum Gasteiger partial charge on any atom is -0.481 e. The van der Waals surface area contributed by atoms with Crippen molar-refractivity contribution < 1.29 is 29.2 Å². The van der Waals surface area contributed by atoms with Gasteiger partial charge in [0.05, 0.1) is 6.10 Å². The van der Waals surface area contributed by atoms with Crippen molar-refractivity contribution in [3.05, 3.63) is 53.9 Å². The predicted octanol–water partition coefficient (Wildman–Crippen LogP) is 4.06. The van der Waals surface area contributed by atoms with Crippen molar-refractivity contribution in [3.8, 4) is 5.75 Å². The summed E-state index contributed by atoms with van der Waals surface area (Å²) in [6, 6.07) is 5.46. The van der Waals surface area contributed by atoms with Gasteiger partial charge in [0.1, 0.15) is 11.6 Å². The second-order valence-electron chi connectivity index (χ2n) is 7.27. The number of carboxylic acid groups (broad SMARTS) is 1. The van der Waals surface area contributed by atoms with Gasteiger partial charge in [-0.05, 0) is 81.2 Å². The molecule has 0 spiro atoms. The average Bonchev–Trinajstić information content (AvgIpc) is 3.00. The molecule has 0 saturated heterocycles. The Morgan fingerprint density at radius 1 is 1.25 bits per heavy atom. The summed E-state index contributed by atoms with van der Waals surface area (Å²) in [5.41, 5.74) is 0.964. The van der Waals surface area contributed by atoms with Crippen LogP contribution >= 0.6 is 0 Å². The lowest BCUT2D eigenvalue weighted by atomic mass is 9.85. The fourth-order valence-electron chi connectivity index (χ4n) is 3.77. The molecule has 6 heteroatoms. The molecule has 1 saturated carbocycles. The minimum absolute atomic E-state index is 0.0957. The van der Waals surface area contributed by atoms with E-state index in [0.29, 0.717) is 12.2 Å². The van der Waals surface area contributed by atoms with E-state index in [0.717, 1.165) is 31.3 Å². The Morgan fingerprint density at radius 2 is 1.93 bits per heavy atom. The van der Waals surface area contributed by atoms with Gasteiger partial charge in [-0.3, -0.25) is 4.79 Å². The molecule has 5 nitrogen and oxygen atoms in total. The summed E-state index contributed by atoms with van der Waals surface area (Å²) in [6.07, 6.45) is 7.74. The first kappa shape index (κ1) is 22.1. The number of carboxylic acids is 1. The third-order valence-corrected chi connectivity index (χ3v) is 5.20. The SMILES string of the molecule is CC(=CC(O)Oc1ccc(F)cc1)C1CCC(O)C1CCC=CCCC(=O)O. The number of hydrogen-bond acceptors (Lipinski definition) is 4. The fraction of sp³-hybridized carbons (Fsp3) is 0.500. The van der Waals surface area contributed by atoms with E-state index >= 15 is 0 Å². The molecule has 3 N–H and O–H groups in total. The molecule has 28 heavy (non-hydrogen) atoms. The Balaban J connectivity index is 1.88. The van der Waals surface area contributed by atoms with Crippen LogP contribution in [0.25, 0.3) is 0 Å². The summed E-state index contributed by atoms with van der Waals surface area (Å²) in [4.78, 5) is 10.5. The van der Waals surface area contributed by atoms with E-state index in [2.05, 4.69) is 0 Å². The second-order valence-corrected chi connectivity index (χ2v) is 7.27. The molecule has 1 fully saturated rings. The first-order valence-corrected chi connectivity index (χ1v) is 9.70. The summed E-state index contributed by atoms with van der Waals surface area (Å²) >= 11 is 0. The highest BCUT2D eigenvalue weighted by atomic mass is 19.1. The monoisotopic (exact) mass is 392 g/mol. The molecule has 0 amide bonds. The summed E-state index contributed by atoms with van der Waals surface area (Å²) < 4.78 is 18.3. The Kier molecular flexibility index (Phi) is 8.67. The predicted molar refractivity (Wildman–Crippen MR) is 104 cm³/mol. The van der Waals surface area contributed by atoms with Crippen LogP contribution in [-0.2, 0) is 4.79 Å². The van der Waals surface area contributed by atoms with Crippen LogP contribution in [0.3, 0.4) is 0 Å². The Bertz CT molecular complexity index is 683. The zero-order valence-electron chi connectivity index (χ0n) is 16.1. The quantitative estimate of drug-likeness (QED) is 0.413. The van der Waals surface area contributed by atoms with E-state index in [1.807, 2.05) is 19.1 Å². The number of carbonyl (C=O) groups is 1. The topological polar surface area (TPSA) is 87.0 Å². The third kappa shape index (κ3) is 7.09. The van der Waals surface area contributed by atoms with Crippen molar-refractivity contribution in [1.29, 1.82) is 0 Å². The molecule has 0 bridgehead atoms. The van der Waals surface area contributed by atoms with Gasteiger partial charge in [0, 0.05) is 6.42 Å². The Hall–Kier alpha value is -2.18. The van der Waals surface area contributed by atoms with Crippen LogP contribution in [0.2, 0.25) is 0 Å². The van der Waals surface area contributed by atoms with E-state index in [1.54, 1.807) is 6.08 Å². The standard InChI is InChI=1S/C22H29FO5/c1-15(14-22(27)28-17-10-8-16(23)9-11-17)18-12-13-20(24)19(18)6-4-2-3-5-7-21(25)26/h2-3,8-11,14,18-20,22,24,27H,4-7,12-13H2,1H3,(H,25,26). The minimum atomic E-state index is -1.14. The van der Waals surface area contributed by atoms with Gasteiger partial charge in [0.15, 0.2) is 0 Å². The molecule has 1 aliphatic carbocycles. The molecule has 4 atom stereocenters. The van der Waals surface area contributed by atoms with Crippen molar-refractivity contribution in [2.75, 3.05) is 0 Å². The van der Waals surface area contributed by atoms with Gasteiger partial charge in [-0.15, -0.1) is 0 Å². The van der Waals surface area contributed by atoms with E-state index in [9.17, 15) is 19.4 Å². The number of hydrogen-bond donors (Lipinski definition) is 3. The van der Waals surface area contributed by atoms with Crippen molar-refractivity contribution in [2.24, 2.45) is 11.8 Å². The first-order valence-electron chi connectivity index (χ1n) is 9.70. The number of rotatable bonds is 10. The van der Waals surface area contributed by atoms with E-state index in [4.69, 9.17) is 9.84 Å². The lowest BCUT2D eigenvalue weighted by Crippen LogP contribution is -2.21. The third-order valence-electron chi connectivity index (χ3n) is 5.20. The molecular formula is C22H29FO5. The van der Waals surface area contributed by atoms with Gasteiger partial charge in [-0.2, -0.15) is 0 Å². The number of aliphatic hydroxyl groups is 2. The van der Waals surface area contributed by atoms with Crippen LogP contribution in [0.1, 0.15) is 45.4 Å². The van der Waals surface area contributed by atoms with Crippen LogP contribution < -0.4 is 4.74 Å². The highest BCUT2D eigenvalue weighted by Crippen LogP contribution is 2.40. The molecule has 0 aliphatic heterocycles. The van der Waals surface area contributed by atoms with Crippen molar-refractivity contribution >= 4 is 5.97 Å². The molecule has 0 aromatic heterocycles. The Labute approximate surface area is 165 Å².